The molecule has 0 aliphatic rings. The Labute approximate surface area is 161 Å². The van der Waals surface area contributed by atoms with Gasteiger partial charge in [0.15, 0.2) is 11.6 Å². The highest BCUT2D eigenvalue weighted by Crippen LogP contribution is 2.25. The normalized spacial score (nSPS) is 11.0. The van der Waals surface area contributed by atoms with Crippen LogP contribution in [-0.2, 0) is 0 Å². The number of aromatic nitrogens is 2. The maximum absolute atomic E-state index is 13.3. The van der Waals surface area contributed by atoms with Gasteiger partial charge in [0, 0.05) is 0 Å². The summed E-state index contributed by atoms with van der Waals surface area (Å²) < 4.78 is 7.16. The van der Waals surface area contributed by atoms with Crippen LogP contribution in [0.2, 0.25) is 0 Å². The minimum absolute atomic E-state index is 0.121. The van der Waals surface area contributed by atoms with Crippen molar-refractivity contribution in [1.82, 2.24) is 9.55 Å². The first-order chi connectivity index (χ1) is 13.8. The second-order valence-electron chi connectivity index (χ2n) is 6.48. The van der Waals surface area contributed by atoms with Crippen LogP contribution in [0.5, 0.6) is 0 Å². The fraction of sp³-hybridized carbons (Fsp3) is 0. The number of benzene rings is 3. The Morgan fingerprint density at radius 1 is 0.714 bits per heavy atom. The summed E-state index contributed by atoms with van der Waals surface area (Å²) in [6, 6.07) is 29.0. The molecule has 5 aromatic rings. The number of furan rings is 1. The van der Waals surface area contributed by atoms with Crippen LogP contribution in [0.25, 0.3) is 39.3 Å². The molecule has 0 aliphatic heterocycles. The fourth-order valence-corrected chi connectivity index (χ4v) is 3.38. The minimum Gasteiger partial charge on any atom is -0.461 e. The van der Waals surface area contributed by atoms with Crippen LogP contribution in [0.3, 0.4) is 0 Å². The van der Waals surface area contributed by atoms with Gasteiger partial charge in [0.2, 0.25) is 0 Å². The van der Waals surface area contributed by atoms with Gasteiger partial charge >= 0.3 is 0 Å². The van der Waals surface area contributed by atoms with Gasteiger partial charge in [0.05, 0.1) is 22.9 Å². The number of nitrogens with zero attached hydrogens (tertiary/aromatic N) is 2. The average molecular weight is 364 g/mol. The summed E-state index contributed by atoms with van der Waals surface area (Å²) in [7, 11) is 0. The van der Waals surface area contributed by atoms with Gasteiger partial charge in [-0.15, -0.1) is 0 Å². The van der Waals surface area contributed by atoms with Crippen LogP contribution >= 0.6 is 0 Å². The molecular weight excluding hydrogens is 348 g/mol. The third-order valence-corrected chi connectivity index (χ3v) is 4.75. The van der Waals surface area contributed by atoms with Crippen molar-refractivity contribution < 1.29 is 4.42 Å². The van der Waals surface area contributed by atoms with E-state index in [4.69, 9.17) is 9.40 Å². The number of fused-ring (bicyclic) bond motifs is 1. The van der Waals surface area contributed by atoms with Crippen molar-refractivity contribution in [3.8, 4) is 28.4 Å². The Kier molecular flexibility index (Phi) is 3.87. The molecular formula is C24H16N2O2. The van der Waals surface area contributed by atoms with E-state index in [0.717, 1.165) is 16.8 Å². The van der Waals surface area contributed by atoms with Gasteiger partial charge < -0.3 is 4.42 Å². The largest absolute Gasteiger partial charge is 0.461 e. The van der Waals surface area contributed by atoms with Gasteiger partial charge in [0.25, 0.3) is 5.56 Å². The molecule has 0 atom stereocenters. The van der Waals surface area contributed by atoms with Crippen molar-refractivity contribution in [2.45, 2.75) is 0 Å². The van der Waals surface area contributed by atoms with Crippen molar-refractivity contribution in [2.24, 2.45) is 0 Å². The molecule has 0 bridgehead atoms. The monoisotopic (exact) mass is 364 g/mol. The van der Waals surface area contributed by atoms with Gasteiger partial charge in [0.1, 0.15) is 0 Å². The summed E-state index contributed by atoms with van der Waals surface area (Å²) in [6.07, 6.45) is 1.58. The van der Waals surface area contributed by atoms with E-state index in [-0.39, 0.29) is 5.56 Å². The predicted molar refractivity (Wildman–Crippen MR) is 110 cm³/mol. The zero-order valence-corrected chi connectivity index (χ0v) is 14.9. The molecule has 0 fully saturated rings. The molecule has 5 rings (SSSR count). The van der Waals surface area contributed by atoms with E-state index in [1.54, 1.807) is 23.0 Å². The average Bonchev–Trinajstić information content (AvgIpc) is 3.29. The molecule has 4 heteroatoms. The molecule has 0 aliphatic carbocycles. The lowest BCUT2D eigenvalue weighted by Gasteiger charge is -2.13. The molecule has 4 nitrogen and oxygen atoms in total. The second-order valence-corrected chi connectivity index (χ2v) is 6.48. The highest BCUT2D eigenvalue weighted by atomic mass is 16.3. The molecule has 134 valence electrons. The summed E-state index contributed by atoms with van der Waals surface area (Å²) >= 11 is 0. The molecule has 0 unspecified atom stereocenters. The highest BCUT2D eigenvalue weighted by Gasteiger charge is 2.16. The van der Waals surface area contributed by atoms with Crippen LogP contribution in [0.4, 0.5) is 0 Å². The predicted octanol–water partition coefficient (Wildman–Crippen LogP) is 5.31. The lowest BCUT2D eigenvalue weighted by molar-refractivity contribution is 0.574. The van der Waals surface area contributed by atoms with Crippen molar-refractivity contribution in [2.75, 3.05) is 0 Å². The SMILES string of the molecule is O=c1c2ccccc2nc(-c2ccco2)n1-c1ccc(-c2ccccc2)cc1. The van der Waals surface area contributed by atoms with Gasteiger partial charge in [-0.2, -0.15) is 0 Å². The Hall–Kier alpha value is -3.92. The third-order valence-electron chi connectivity index (χ3n) is 4.75. The Balaban J connectivity index is 1.73. The third kappa shape index (κ3) is 2.72. The molecule has 0 spiro atoms. The molecule has 0 amide bonds. The number of hydrogen-bond donors (Lipinski definition) is 0. The maximum atomic E-state index is 13.3. The summed E-state index contributed by atoms with van der Waals surface area (Å²) in [4.78, 5) is 18.0. The fourth-order valence-electron chi connectivity index (χ4n) is 3.38. The van der Waals surface area contributed by atoms with Gasteiger partial charge in [-0.1, -0.05) is 54.6 Å². The van der Waals surface area contributed by atoms with Crippen LogP contribution in [0, 0.1) is 0 Å². The lowest BCUT2D eigenvalue weighted by Crippen LogP contribution is -2.21. The number of hydrogen-bond acceptors (Lipinski definition) is 3. The van der Waals surface area contributed by atoms with E-state index in [1.807, 2.05) is 66.7 Å². The van der Waals surface area contributed by atoms with E-state index in [9.17, 15) is 4.79 Å². The first-order valence-corrected chi connectivity index (χ1v) is 9.03. The van der Waals surface area contributed by atoms with E-state index >= 15 is 0 Å². The molecule has 2 heterocycles. The first kappa shape index (κ1) is 16.3. The van der Waals surface area contributed by atoms with E-state index in [1.165, 1.54) is 0 Å². The standard InChI is InChI=1S/C24H16N2O2/c27-24-20-9-4-5-10-21(20)25-23(22-11-6-16-28-22)26(24)19-14-12-18(13-15-19)17-7-2-1-3-8-17/h1-16H. The molecule has 0 saturated heterocycles. The van der Waals surface area contributed by atoms with Crippen LogP contribution in [0.15, 0.2) is 106 Å². The van der Waals surface area contributed by atoms with Crippen LogP contribution < -0.4 is 5.56 Å². The lowest BCUT2D eigenvalue weighted by atomic mass is 10.1. The number of para-hydroxylation sites is 1. The summed E-state index contributed by atoms with van der Waals surface area (Å²) in [5.41, 5.74) is 3.49. The van der Waals surface area contributed by atoms with Gasteiger partial charge in [-0.05, 0) is 47.5 Å². The Bertz CT molecular complexity index is 1300. The molecule has 0 saturated carbocycles. The topological polar surface area (TPSA) is 48.0 Å². The quantitative estimate of drug-likeness (QED) is 0.436. The molecule has 3 aromatic carbocycles. The summed E-state index contributed by atoms with van der Waals surface area (Å²) in [5, 5.41) is 0.574. The van der Waals surface area contributed by atoms with E-state index in [0.29, 0.717) is 22.5 Å². The van der Waals surface area contributed by atoms with Gasteiger partial charge in [-0.25, -0.2) is 4.98 Å². The second kappa shape index (κ2) is 6.67. The van der Waals surface area contributed by atoms with E-state index < -0.39 is 0 Å². The Morgan fingerprint density at radius 2 is 1.43 bits per heavy atom. The zero-order chi connectivity index (χ0) is 18.9. The molecule has 28 heavy (non-hydrogen) atoms. The van der Waals surface area contributed by atoms with Crippen molar-refractivity contribution in [3.05, 3.63) is 108 Å². The molecule has 2 aromatic heterocycles. The molecule has 0 N–H and O–H groups in total. The molecule has 0 radical (unpaired) electrons. The summed E-state index contributed by atoms with van der Waals surface area (Å²) in [5.74, 6) is 1.04. The van der Waals surface area contributed by atoms with Crippen molar-refractivity contribution in [1.29, 1.82) is 0 Å². The Morgan fingerprint density at radius 3 is 2.18 bits per heavy atom. The number of rotatable bonds is 3. The van der Waals surface area contributed by atoms with Crippen molar-refractivity contribution >= 4 is 10.9 Å². The summed E-state index contributed by atoms with van der Waals surface area (Å²) in [6.45, 7) is 0. The first-order valence-electron chi connectivity index (χ1n) is 9.03. The van der Waals surface area contributed by atoms with Crippen LogP contribution in [0.1, 0.15) is 0 Å². The van der Waals surface area contributed by atoms with Crippen LogP contribution in [-0.4, -0.2) is 9.55 Å². The zero-order valence-electron chi connectivity index (χ0n) is 14.9. The van der Waals surface area contributed by atoms with Crippen molar-refractivity contribution in [3.63, 3.8) is 0 Å². The minimum atomic E-state index is -0.121. The maximum Gasteiger partial charge on any atom is 0.266 e. The van der Waals surface area contributed by atoms with Gasteiger partial charge in [-0.3, -0.25) is 9.36 Å². The smallest absolute Gasteiger partial charge is 0.266 e. The van der Waals surface area contributed by atoms with E-state index in [2.05, 4.69) is 12.1 Å². The highest BCUT2D eigenvalue weighted by molar-refractivity contribution is 5.80.